The van der Waals surface area contributed by atoms with Crippen molar-refractivity contribution in [1.29, 1.82) is 0 Å². The third kappa shape index (κ3) is 2.03. The van der Waals surface area contributed by atoms with Crippen LogP contribution in [-0.4, -0.2) is 21.8 Å². The van der Waals surface area contributed by atoms with Crippen LogP contribution < -0.4 is 10.6 Å². The topological polar surface area (TPSA) is 63.6 Å². The minimum absolute atomic E-state index is 0.110. The van der Waals surface area contributed by atoms with Crippen LogP contribution in [0.4, 0.5) is 5.69 Å². The van der Waals surface area contributed by atoms with Gasteiger partial charge in [0, 0.05) is 31.4 Å². The summed E-state index contributed by atoms with van der Waals surface area (Å²) < 4.78 is 2.04. The maximum Gasteiger partial charge on any atom is 0.229 e. The van der Waals surface area contributed by atoms with E-state index in [0.717, 1.165) is 30.0 Å². The van der Waals surface area contributed by atoms with Gasteiger partial charge >= 0.3 is 0 Å². The molecular weight excluding hydrogens is 264 g/mol. The molecule has 2 N–H and O–H groups in total. The lowest BCUT2D eigenvalue weighted by Crippen LogP contribution is -2.27. The summed E-state index contributed by atoms with van der Waals surface area (Å²) in [5.74, 6) is 0.965. The minimum atomic E-state index is 0.110. The number of imidazole rings is 1. The Balaban J connectivity index is 1.88. The Morgan fingerprint density at radius 1 is 1.33 bits per heavy atom. The summed E-state index contributed by atoms with van der Waals surface area (Å²) in [6, 6.07) is 2.16. The molecule has 110 valence electrons. The second kappa shape index (κ2) is 4.56. The van der Waals surface area contributed by atoms with Crippen LogP contribution in [0.15, 0.2) is 18.5 Å². The molecule has 1 saturated heterocycles. The summed E-state index contributed by atoms with van der Waals surface area (Å²) in [5, 5.41) is 0. The van der Waals surface area contributed by atoms with Crippen LogP contribution in [0.5, 0.6) is 0 Å². The average molecular weight is 284 g/mol. The first-order valence-corrected chi connectivity index (χ1v) is 7.70. The molecule has 1 atom stereocenters. The van der Waals surface area contributed by atoms with Crippen molar-refractivity contribution in [3.63, 3.8) is 0 Å². The van der Waals surface area contributed by atoms with E-state index in [-0.39, 0.29) is 11.8 Å². The van der Waals surface area contributed by atoms with Gasteiger partial charge in [0.2, 0.25) is 5.91 Å². The molecular formula is C16H20N4O. The van der Waals surface area contributed by atoms with Crippen molar-refractivity contribution in [2.45, 2.75) is 38.6 Å². The van der Waals surface area contributed by atoms with Crippen molar-refractivity contribution in [3.05, 3.63) is 29.7 Å². The highest BCUT2D eigenvalue weighted by Gasteiger charge is 2.32. The van der Waals surface area contributed by atoms with Gasteiger partial charge in [0.05, 0.1) is 11.4 Å². The van der Waals surface area contributed by atoms with E-state index in [4.69, 9.17) is 5.73 Å². The van der Waals surface area contributed by atoms with Crippen molar-refractivity contribution in [2.24, 2.45) is 11.7 Å². The van der Waals surface area contributed by atoms with Crippen molar-refractivity contribution < 1.29 is 4.79 Å². The van der Waals surface area contributed by atoms with E-state index in [0.29, 0.717) is 12.5 Å². The molecule has 2 aromatic heterocycles. The number of hydrogen-bond donors (Lipinski definition) is 1. The van der Waals surface area contributed by atoms with Crippen LogP contribution in [0.3, 0.4) is 0 Å². The number of rotatable bonds is 3. The molecule has 0 aromatic carbocycles. The van der Waals surface area contributed by atoms with Gasteiger partial charge < -0.3 is 15.0 Å². The SMILES string of the molecule is CC1CCN(c2cc(C3CC3)cn3cc(CN)nc23)C1=O. The van der Waals surface area contributed by atoms with Crippen molar-refractivity contribution in [3.8, 4) is 0 Å². The molecule has 2 fully saturated rings. The summed E-state index contributed by atoms with van der Waals surface area (Å²) in [4.78, 5) is 18.9. The summed E-state index contributed by atoms with van der Waals surface area (Å²) in [6.07, 6.45) is 7.53. The van der Waals surface area contributed by atoms with E-state index in [1.54, 1.807) is 0 Å². The lowest BCUT2D eigenvalue weighted by molar-refractivity contribution is -0.119. The van der Waals surface area contributed by atoms with E-state index in [9.17, 15) is 4.79 Å². The number of amides is 1. The predicted octanol–water partition coefficient (Wildman–Crippen LogP) is 2.04. The highest BCUT2D eigenvalue weighted by Crippen LogP contribution is 2.42. The fourth-order valence-electron chi connectivity index (χ4n) is 3.15. The molecule has 0 radical (unpaired) electrons. The first kappa shape index (κ1) is 12.8. The fraction of sp³-hybridized carbons (Fsp3) is 0.500. The van der Waals surface area contributed by atoms with Gasteiger partial charge in [0.1, 0.15) is 0 Å². The lowest BCUT2D eigenvalue weighted by atomic mass is 10.1. The Labute approximate surface area is 123 Å². The van der Waals surface area contributed by atoms with Crippen molar-refractivity contribution >= 4 is 17.2 Å². The molecule has 5 nitrogen and oxygen atoms in total. The zero-order valence-electron chi connectivity index (χ0n) is 12.2. The molecule has 1 aliphatic carbocycles. The molecule has 3 heterocycles. The van der Waals surface area contributed by atoms with Gasteiger partial charge in [-0.3, -0.25) is 4.79 Å². The maximum absolute atomic E-state index is 12.4. The molecule has 0 spiro atoms. The third-order valence-corrected chi connectivity index (χ3v) is 4.62. The van der Waals surface area contributed by atoms with Gasteiger partial charge in [-0.05, 0) is 36.8 Å². The summed E-state index contributed by atoms with van der Waals surface area (Å²) >= 11 is 0. The molecule has 4 rings (SSSR count). The second-order valence-electron chi connectivity index (χ2n) is 6.28. The Bertz CT molecular complexity index is 716. The van der Waals surface area contributed by atoms with Crippen LogP contribution >= 0.6 is 0 Å². The summed E-state index contributed by atoms with van der Waals surface area (Å²) in [6.45, 7) is 3.21. The van der Waals surface area contributed by atoms with E-state index < -0.39 is 0 Å². The van der Waals surface area contributed by atoms with E-state index in [2.05, 4.69) is 17.2 Å². The zero-order chi connectivity index (χ0) is 14.6. The molecule has 1 saturated carbocycles. The van der Waals surface area contributed by atoms with E-state index in [1.807, 2.05) is 22.4 Å². The van der Waals surface area contributed by atoms with E-state index in [1.165, 1.54) is 18.4 Å². The molecule has 1 amide bonds. The Morgan fingerprint density at radius 3 is 2.76 bits per heavy atom. The van der Waals surface area contributed by atoms with Crippen LogP contribution in [0.25, 0.3) is 5.65 Å². The molecule has 5 heteroatoms. The molecule has 2 aliphatic rings. The number of aromatic nitrogens is 2. The predicted molar refractivity (Wildman–Crippen MR) is 81.2 cm³/mol. The molecule has 1 aliphatic heterocycles. The smallest absolute Gasteiger partial charge is 0.229 e. The maximum atomic E-state index is 12.4. The van der Waals surface area contributed by atoms with Gasteiger partial charge in [0.15, 0.2) is 5.65 Å². The number of hydrogen-bond acceptors (Lipinski definition) is 3. The van der Waals surface area contributed by atoms with Crippen LogP contribution in [0.2, 0.25) is 0 Å². The zero-order valence-corrected chi connectivity index (χ0v) is 12.2. The monoisotopic (exact) mass is 284 g/mol. The van der Waals surface area contributed by atoms with Crippen molar-refractivity contribution in [2.75, 3.05) is 11.4 Å². The first-order valence-electron chi connectivity index (χ1n) is 7.70. The van der Waals surface area contributed by atoms with Crippen LogP contribution in [0.1, 0.15) is 43.4 Å². The molecule has 2 aromatic rings. The number of nitrogens with two attached hydrogens (primary N) is 1. The largest absolute Gasteiger partial charge is 0.325 e. The van der Waals surface area contributed by atoms with E-state index >= 15 is 0 Å². The highest BCUT2D eigenvalue weighted by atomic mass is 16.2. The standard InChI is InChI=1S/C16H20N4O/c1-10-4-5-20(16(10)21)14-6-12(11-2-3-11)8-19-9-13(7-17)18-15(14)19/h6,8-11H,2-5,7,17H2,1H3. The Hall–Kier alpha value is -1.88. The van der Waals surface area contributed by atoms with Gasteiger partial charge in [-0.2, -0.15) is 0 Å². The van der Waals surface area contributed by atoms with Gasteiger partial charge in [-0.25, -0.2) is 4.98 Å². The summed E-state index contributed by atoms with van der Waals surface area (Å²) in [5.41, 5.74) is 9.70. The quantitative estimate of drug-likeness (QED) is 0.938. The van der Waals surface area contributed by atoms with Crippen LogP contribution in [-0.2, 0) is 11.3 Å². The number of carbonyl (C=O) groups is 1. The van der Waals surface area contributed by atoms with Gasteiger partial charge in [0.25, 0.3) is 0 Å². The number of anilines is 1. The normalized spacial score (nSPS) is 22.5. The molecule has 1 unspecified atom stereocenters. The third-order valence-electron chi connectivity index (χ3n) is 4.62. The van der Waals surface area contributed by atoms with Gasteiger partial charge in [-0.15, -0.1) is 0 Å². The van der Waals surface area contributed by atoms with Gasteiger partial charge in [-0.1, -0.05) is 6.92 Å². The lowest BCUT2D eigenvalue weighted by Gasteiger charge is -2.18. The summed E-state index contributed by atoms with van der Waals surface area (Å²) in [7, 11) is 0. The average Bonchev–Trinajstić information content (AvgIpc) is 3.17. The number of fused-ring (bicyclic) bond motifs is 1. The second-order valence-corrected chi connectivity index (χ2v) is 6.28. The number of nitrogens with zero attached hydrogens (tertiary/aromatic N) is 3. The molecule has 21 heavy (non-hydrogen) atoms. The Morgan fingerprint density at radius 2 is 2.14 bits per heavy atom. The van der Waals surface area contributed by atoms with Crippen molar-refractivity contribution in [1.82, 2.24) is 9.38 Å². The Kier molecular flexibility index (Phi) is 2.79. The fourth-order valence-corrected chi connectivity index (χ4v) is 3.15. The highest BCUT2D eigenvalue weighted by molar-refractivity contribution is 6.00. The van der Waals surface area contributed by atoms with Crippen LogP contribution in [0, 0.1) is 5.92 Å². The molecule has 0 bridgehead atoms. The minimum Gasteiger partial charge on any atom is -0.325 e. The first-order chi connectivity index (χ1) is 10.2. The number of pyridine rings is 1. The number of carbonyl (C=O) groups excluding carboxylic acids is 1.